The number of anilines is 1. The summed E-state index contributed by atoms with van der Waals surface area (Å²) in [4.78, 5) is 4.64. The third-order valence-electron chi connectivity index (χ3n) is 3.53. The van der Waals surface area contributed by atoms with E-state index in [1.807, 2.05) is 26.0 Å². The van der Waals surface area contributed by atoms with Crippen LogP contribution >= 0.6 is 24.0 Å². The zero-order valence-corrected chi connectivity index (χ0v) is 17.8. The van der Waals surface area contributed by atoms with Gasteiger partial charge >= 0.3 is 0 Å². The lowest BCUT2D eigenvalue weighted by atomic mass is 10.1. The molecule has 0 aliphatic rings. The summed E-state index contributed by atoms with van der Waals surface area (Å²) in [7, 11) is -3.15. The van der Waals surface area contributed by atoms with Crippen LogP contribution in [0, 0.1) is 13.8 Å². The molecule has 3 N–H and O–H groups in total. The van der Waals surface area contributed by atoms with Crippen molar-refractivity contribution < 1.29 is 8.42 Å². The molecule has 0 amide bonds. The third-order valence-corrected chi connectivity index (χ3v) is 4.66. The van der Waals surface area contributed by atoms with Gasteiger partial charge in [0.1, 0.15) is 0 Å². The first kappa shape index (κ1) is 21.4. The lowest BCUT2D eigenvalue weighted by Gasteiger charge is -2.08. The predicted molar refractivity (Wildman–Crippen MR) is 115 cm³/mol. The summed E-state index contributed by atoms with van der Waals surface area (Å²) >= 11 is 0. The van der Waals surface area contributed by atoms with Crippen LogP contribution < -0.4 is 11.1 Å². The number of hydrogen-bond donors (Lipinski definition) is 2. The van der Waals surface area contributed by atoms with Crippen LogP contribution in [0.25, 0.3) is 0 Å². The highest BCUT2D eigenvalue weighted by Crippen LogP contribution is 2.13. The first-order valence-corrected chi connectivity index (χ1v) is 9.57. The van der Waals surface area contributed by atoms with Gasteiger partial charge in [-0.05, 0) is 61.2 Å². The van der Waals surface area contributed by atoms with E-state index in [1.165, 1.54) is 6.26 Å². The molecule has 0 fully saturated rings. The summed E-state index contributed by atoms with van der Waals surface area (Å²) in [6.07, 6.45) is 1.89. The van der Waals surface area contributed by atoms with Crippen molar-refractivity contribution in [1.82, 2.24) is 0 Å². The van der Waals surface area contributed by atoms with Gasteiger partial charge in [0.05, 0.1) is 4.90 Å². The molecule has 136 valence electrons. The molecule has 5 nitrogen and oxygen atoms in total. The molecule has 25 heavy (non-hydrogen) atoms. The summed E-state index contributed by atoms with van der Waals surface area (Å²) in [6.45, 7) is 4.60. The molecule has 0 bridgehead atoms. The zero-order valence-electron chi connectivity index (χ0n) is 14.6. The number of aliphatic imine (C=N–C) groups is 1. The smallest absolute Gasteiger partial charge is 0.193 e. The van der Waals surface area contributed by atoms with E-state index in [-0.39, 0.29) is 24.0 Å². The number of nitrogens with two attached hydrogens (primary N) is 1. The van der Waals surface area contributed by atoms with Crippen LogP contribution in [0.15, 0.2) is 52.4 Å². The molecule has 0 aliphatic carbocycles. The Morgan fingerprint density at radius 3 is 2.16 bits per heavy atom. The highest BCUT2D eigenvalue weighted by atomic mass is 127. The largest absolute Gasteiger partial charge is 0.370 e. The first-order valence-electron chi connectivity index (χ1n) is 7.68. The van der Waals surface area contributed by atoms with Crippen LogP contribution in [0.2, 0.25) is 0 Å². The summed E-state index contributed by atoms with van der Waals surface area (Å²) in [5, 5.41) is 3.09. The molecule has 0 radical (unpaired) electrons. The van der Waals surface area contributed by atoms with Crippen molar-refractivity contribution >= 4 is 45.5 Å². The highest BCUT2D eigenvalue weighted by molar-refractivity contribution is 14.0. The molecular weight excluding hydrogens is 449 g/mol. The van der Waals surface area contributed by atoms with E-state index in [0.717, 1.165) is 22.4 Å². The molecule has 0 spiro atoms. The number of sulfone groups is 1. The normalized spacial score (nSPS) is 11.7. The van der Waals surface area contributed by atoms with E-state index in [1.54, 1.807) is 24.3 Å². The Morgan fingerprint density at radius 1 is 1.08 bits per heavy atom. The number of nitrogens with one attached hydrogen (secondary N) is 1. The van der Waals surface area contributed by atoms with E-state index in [4.69, 9.17) is 5.73 Å². The molecule has 0 atom stereocenters. The molecule has 0 aliphatic heterocycles. The van der Waals surface area contributed by atoms with Gasteiger partial charge in [-0.1, -0.05) is 18.2 Å². The van der Waals surface area contributed by atoms with E-state index in [2.05, 4.69) is 16.4 Å². The van der Waals surface area contributed by atoms with Crippen molar-refractivity contribution in [2.45, 2.75) is 25.2 Å². The van der Waals surface area contributed by atoms with Crippen molar-refractivity contribution in [3.63, 3.8) is 0 Å². The lowest BCUT2D eigenvalue weighted by Crippen LogP contribution is -2.23. The highest BCUT2D eigenvalue weighted by Gasteiger charge is 2.05. The number of guanidine groups is 1. The summed E-state index contributed by atoms with van der Waals surface area (Å²) in [5.41, 5.74) is 10.2. The molecule has 7 heteroatoms. The molecule has 0 saturated carbocycles. The predicted octanol–water partition coefficient (Wildman–Crippen LogP) is 3.29. The second kappa shape index (κ2) is 9.19. The third kappa shape index (κ3) is 7.03. The Bertz CT molecular complexity index is 827. The summed E-state index contributed by atoms with van der Waals surface area (Å²) in [6, 6.07) is 13.0. The van der Waals surface area contributed by atoms with Crippen LogP contribution in [0.3, 0.4) is 0 Å². The van der Waals surface area contributed by atoms with Crippen molar-refractivity contribution in [3.05, 3.63) is 59.2 Å². The number of benzene rings is 2. The average Bonchev–Trinajstić information content (AvgIpc) is 2.45. The van der Waals surface area contributed by atoms with Crippen molar-refractivity contribution in [2.75, 3.05) is 18.1 Å². The number of halogens is 1. The van der Waals surface area contributed by atoms with Crippen LogP contribution in [-0.4, -0.2) is 27.2 Å². The lowest BCUT2D eigenvalue weighted by molar-refractivity contribution is 0.602. The SMILES string of the molecule is Cc1cc(C)cc(NC(N)=NCCc2ccc(S(C)(=O)=O)cc2)c1.I. The average molecular weight is 473 g/mol. The van der Waals surface area contributed by atoms with Crippen molar-refractivity contribution in [1.29, 1.82) is 0 Å². The van der Waals surface area contributed by atoms with Crippen molar-refractivity contribution in [2.24, 2.45) is 10.7 Å². The number of nitrogens with zero attached hydrogens (tertiary/aromatic N) is 1. The molecule has 0 unspecified atom stereocenters. The number of hydrogen-bond acceptors (Lipinski definition) is 3. The Balaban J connectivity index is 0.00000312. The van der Waals surface area contributed by atoms with E-state index >= 15 is 0 Å². The quantitative estimate of drug-likeness (QED) is 0.397. The fourth-order valence-corrected chi connectivity index (χ4v) is 3.07. The minimum atomic E-state index is -3.15. The summed E-state index contributed by atoms with van der Waals surface area (Å²) in [5.74, 6) is 0.368. The minimum Gasteiger partial charge on any atom is -0.370 e. The van der Waals surface area contributed by atoms with Crippen LogP contribution in [0.1, 0.15) is 16.7 Å². The van der Waals surface area contributed by atoms with Crippen LogP contribution in [0.4, 0.5) is 5.69 Å². The molecule has 0 saturated heterocycles. The first-order chi connectivity index (χ1) is 11.2. The standard InChI is InChI=1S/C18H23N3O2S.HI/c1-13-10-14(2)12-16(11-13)21-18(19)20-9-8-15-4-6-17(7-5-15)24(3,22)23;/h4-7,10-12H,8-9H2,1-3H3,(H3,19,20,21);1H. The van der Waals surface area contributed by atoms with E-state index < -0.39 is 9.84 Å². The van der Waals surface area contributed by atoms with Gasteiger partial charge in [-0.3, -0.25) is 4.99 Å². The van der Waals surface area contributed by atoms with Crippen molar-refractivity contribution in [3.8, 4) is 0 Å². The fourth-order valence-electron chi connectivity index (χ4n) is 2.44. The molecular formula is C18H24IN3O2S. The molecule has 2 aromatic rings. The van der Waals surface area contributed by atoms with Crippen LogP contribution in [0.5, 0.6) is 0 Å². The Hall–Kier alpha value is -1.61. The van der Waals surface area contributed by atoms with Gasteiger partial charge in [0.15, 0.2) is 15.8 Å². The minimum absolute atomic E-state index is 0. The van der Waals surface area contributed by atoms with E-state index in [0.29, 0.717) is 23.8 Å². The second-order valence-corrected chi connectivity index (χ2v) is 7.95. The van der Waals surface area contributed by atoms with Gasteiger partial charge in [-0.2, -0.15) is 0 Å². The van der Waals surface area contributed by atoms with Gasteiger partial charge in [0, 0.05) is 18.5 Å². The van der Waals surface area contributed by atoms with Gasteiger partial charge in [-0.25, -0.2) is 8.42 Å². The summed E-state index contributed by atoms with van der Waals surface area (Å²) < 4.78 is 22.8. The molecule has 0 heterocycles. The van der Waals surface area contributed by atoms with Gasteiger partial charge in [-0.15, -0.1) is 24.0 Å². The maximum atomic E-state index is 11.4. The van der Waals surface area contributed by atoms with Gasteiger partial charge in [0.25, 0.3) is 0 Å². The molecule has 2 aromatic carbocycles. The second-order valence-electron chi connectivity index (χ2n) is 5.93. The monoisotopic (exact) mass is 473 g/mol. The topological polar surface area (TPSA) is 84.5 Å². The van der Waals surface area contributed by atoms with Crippen LogP contribution in [-0.2, 0) is 16.3 Å². The number of aryl methyl sites for hydroxylation is 2. The fraction of sp³-hybridized carbons (Fsp3) is 0.278. The maximum absolute atomic E-state index is 11.4. The van der Waals surface area contributed by atoms with E-state index in [9.17, 15) is 8.42 Å². The Morgan fingerprint density at radius 2 is 1.64 bits per heavy atom. The Labute approximate surface area is 166 Å². The molecule has 2 rings (SSSR count). The van der Waals surface area contributed by atoms with Gasteiger partial charge in [0.2, 0.25) is 0 Å². The van der Waals surface area contributed by atoms with Gasteiger partial charge < -0.3 is 11.1 Å². The maximum Gasteiger partial charge on any atom is 0.193 e. The molecule has 0 aromatic heterocycles. The number of rotatable bonds is 5. The Kier molecular flexibility index (Phi) is 7.88. The zero-order chi connectivity index (χ0) is 17.7.